The topological polar surface area (TPSA) is 240 Å². The molecule has 2 saturated heterocycles. The van der Waals surface area contributed by atoms with Gasteiger partial charge in [0.05, 0.1) is 35.2 Å². The van der Waals surface area contributed by atoms with Crippen molar-refractivity contribution in [1.82, 2.24) is 40.4 Å². The van der Waals surface area contributed by atoms with Crippen molar-refractivity contribution < 1.29 is 121 Å². The normalized spacial score (nSPS) is 29.6. The smallest absolute Gasteiger partial charge is 0.422 e. The summed E-state index contributed by atoms with van der Waals surface area (Å²) in [6.07, 6.45) is 6.02. The second-order valence-corrected chi connectivity index (χ2v) is 29.5. The summed E-state index contributed by atoms with van der Waals surface area (Å²) >= 11 is 0. The van der Waals surface area contributed by atoms with Gasteiger partial charge in [0, 0.05) is 49.2 Å². The second kappa shape index (κ2) is 31.8. The molecule has 3 saturated carbocycles. The van der Waals surface area contributed by atoms with Crippen LogP contribution in [0.15, 0.2) is 36.4 Å². The van der Waals surface area contributed by atoms with Gasteiger partial charge in [-0.3, -0.25) is 9.59 Å². The van der Waals surface area contributed by atoms with Gasteiger partial charge < -0.3 is 58.4 Å². The molecule has 4 amide bonds. The first-order valence-electron chi connectivity index (χ1n) is 34.0. The average Bonchev–Trinajstić information content (AvgIpc) is 1.60. The number of nitrogens with zero attached hydrogens (tertiary/aromatic N) is 6. The van der Waals surface area contributed by atoms with Gasteiger partial charge in [0.25, 0.3) is 0 Å². The van der Waals surface area contributed by atoms with Gasteiger partial charge in [-0.1, -0.05) is 106 Å². The van der Waals surface area contributed by atoms with Crippen LogP contribution in [0.3, 0.4) is 0 Å². The molecule has 2 aromatic heterocycles. The summed E-state index contributed by atoms with van der Waals surface area (Å²) in [5.41, 5.74) is 0.683. The summed E-state index contributed by atoms with van der Waals surface area (Å²) in [5, 5.41) is 5.69. The fourth-order valence-electron chi connectivity index (χ4n) is 15.3. The summed E-state index contributed by atoms with van der Waals surface area (Å²) in [5.74, 6) is 0.248. The van der Waals surface area contributed by atoms with Crippen LogP contribution >= 0.6 is 0 Å². The van der Waals surface area contributed by atoms with Crippen LogP contribution in [0.25, 0.3) is 22.1 Å². The van der Waals surface area contributed by atoms with E-state index in [4.69, 9.17) is 48.4 Å². The summed E-state index contributed by atoms with van der Waals surface area (Å²) < 4.78 is 112. The number of fused-ring (bicyclic) bond motifs is 12. The third kappa shape index (κ3) is 18.5. The first-order chi connectivity index (χ1) is 45.4. The van der Waals surface area contributed by atoms with Gasteiger partial charge in [-0.15, -0.1) is 0 Å². The van der Waals surface area contributed by atoms with E-state index in [0.29, 0.717) is 71.0 Å². The number of alkyl halides is 6. The SMILES string of the molecule is CC[C@@H]1[C@@H]2CN(C(=O)[C@H](C(C)(C)C)NC(=O)O[C@@H]3CC4CC4[C@H]3CCCCCc3nc4ccc(OCC(F)(F)F)cc4nc3O2)[C@@H]1[C-]=O.CC[C@@H]1[C@@H]2CN(C(=O)[C@H](C(C)(C)C)NC(=O)O[C@]3(C)CCC[C@H]3CCCCCc3nc4ccc(OCC(F)(F)F)cc4nc3O2)[C@@H]1[C-]=O.[V].[V]. The maximum Gasteiger partial charge on any atom is 0.422 e. The van der Waals surface area contributed by atoms with E-state index in [-0.39, 0.29) is 91.4 Å². The number of nitrogens with one attached hydrogen (secondary N) is 2. The first-order valence-corrected chi connectivity index (χ1v) is 34.0. The quantitative estimate of drug-likeness (QED) is 0.123. The van der Waals surface area contributed by atoms with Crippen LogP contribution in [-0.4, -0.2) is 153 Å². The van der Waals surface area contributed by atoms with Crippen LogP contribution in [-0.2, 0) is 78.6 Å². The van der Waals surface area contributed by atoms with Gasteiger partial charge in [0.1, 0.15) is 58.9 Å². The minimum absolute atomic E-state index is 0. The van der Waals surface area contributed by atoms with E-state index in [2.05, 4.69) is 16.9 Å². The summed E-state index contributed by atoms with van der Waals surface area (Å²) in [4.78, 5) is 102. The number of carbonyl (C=O) groups is 4. The molecule has 6 heterocycles. The Morgan fingerprint density at radius 2 is 1.03 bits per heavy atom. The van der Waals surface area contributed by atoms with E-state index in [0.717, 1.165) is 83.5 Å². The molecule has 5 fully saturated rings. The molecular weight excluding hydrogens is 1360 g/mol. The zero-order valence-corrected chi connectivity index (χ0v) is 59.9. The molecule has 11 rings (SSSR count). The van der Waals surface area contributed by atoms with E-state index in [1.807, 2.05) is 68.6 Å². The van der Waals surface area contributed by atoms with Gasteiger partial charge in [-0.2, -0.15) is 26.3 Å². The number of hydrogen-bond donors (Lipinski definition) is 2. The van der Waals surface area contributed by atoms with Crippen molar-refractivity contribution in [1.29, 1.82) is 0 Å². The van der Waals surface area contributed by atoms with Crippen molar-refractivity contribution in [3.05, 3.63) is 47.8 Å². The van der Waals surface area contributed by atoms with E-state index in [1.165, 1.54) is 34.1 Å². The maximum atomic E-state index is 14.2. The van der Waals surface area contributed by atoms with Crippen molar-refractivity contribution in [2.75, 3.05) is 26.3 Å². The number of hydrogen-bond acceptors (Lipinski definition) is 16. The number of aromatic nitrogens is 4. The Kier molecular flexibility index (Phi) is 25.2. The number of alkyl carbamates (subject to hydrolysis) is 2. The van der Waals surface area contributed by atoms with E-state index in [9.17, 15) is 55.1 Å². The van der Waals surface area contributed by atoms with Crippen molar-refractivity contribution in [3.63, 3.8) is 0 Å². The van der Waals surface area contributed by atoms with Gasteiger partial charge >= 0.3 is 24.5 Å². The predicted octanol–water partition coefficient (Wildman–Crippen LogP) is 12.4. The summed E-state index contributed by atoms with van der Waals surface area (Å²) in [6, 6.07) is 4.97. The molecule has 2 N–H and O–H groups in total. The molecule has 7 aliphatic rings. The first kappa shape index (κ1) is 77.6. The molecule has 20 nitrogen and oxygen atoms in total. The number of rotatable bonds is 8. The fraction of sp³-hybridized carbons (Fsp3) is 0.686. The average molecular weight is 1450 g/mol. The van der Waals surface area contributed by atoms with Crippen LogP contribution in [0, 0.1) is 46.3 Å². The Labute approximate surface area is 592 Å². The van der Waals surface area contributed by atoms with Crippen LogP contribution in [0.4, 0.5) is 35.9 Å². The zero-order valence-electron chi connectivity index (χ0n) is 57.1. The van der Waals surface area contributed by atoms with Gasteiger partial charge in [-0.05, 0) is 148 Å². The van der Waals surface area contributed by atoms with E-state index in [1.54, 1.807) is 12.1 Å². The summed E-state index contributed by atoms with van der Waals surface area (Å²) in [7, 11) is 0. The van der Waals surface area contributed by atoms with E-state index < -0.39 is 114 Å². The molecule has 2 aromatic carbocycles. The van der Waals surface area contributed by atoms with Crippen molar-refractivity contribution in [2.24, 2.45) is 46.3 Å². The van der Waals surface area contributed by atoms with Crippen molar-refractivity contribution in [2.45, 2.75) is 232 Å². The number of benzene rings is 2. The van der Waals surface area contributed by atoms with Crippen LogP contribution in [0.2, 0.25) is 0 Å². The molecule has 4 bridgehead atoms. The second-order valence-electron chi connectivity index (χ2n) is 29.5. The molecule has 2 radical (unpaired) electrons. The molecule has 3 aliphatic carbocycles. The molecule has 4 aliphatic heterocycles. The molecular formula is C70H90F6N8O12V2-2. The number of carbonyl (C=O) groups excluding carboxylic acids is 6. The van der Waals surface area contributed by atoms with E-state index >= 15 is 0 Å². The Bertz CT molecular complexity index is 3370. The largest absolute Gasteiger partial charge is 0.540 e. The Morgan fingerprint density at radius 1 is 0.571 bits per heavy atom. The van der Waals surface area contributed by atoms with Crippen LogP contribution < -0.4 is 29.6 Å². The predicted molar refractivity (Wildman–Crippen MR) is 340 cm³/mol. The van der Waals surface area contributed by atoms with Gasteiger partial charge in [0.15, 0.2) is 13.2 Å². The molecule has 0 spiro atoms. The number of halogens is 6. The Balaban J connectivity index is 0.000000245. The number of aryl methyl sites for hydroxylation is 2. The third-order valence-electron chi connectivity index (χ3n) is 20.5. The monoisotopic (exact) mass is 1450 g/mol. The van der Waals surface area contributed by atoms with Crippen molar-refractivity contribution >= 4 is 58.6 Å². The zero-order chi connectivity index (χ0) is 69.2. The summed E-state index contributed by atoms with van der Waals surface area (Å²) in [6.45, 7) is 14.0. The Morgan fingerprint density at radius 3 is 1.48 bits per heavy atom. The number of ether oxygens (including phenoxy) is 6. The standard InChI is InChI=1S/C35H44F3N4O6.C35H46F3N4O6.2V/c1-5-21-27(17-43)42-16-29(21)47-31-25(39-24-12-11-20(15-26(24)40-31)46-18-35(36,37)38)10-8-6-7-9-22-23-13-19(23)14-28(22)48-33(45)41-30(32(42)44)34(2,3)4;1-6-23-27(19-43)42-18-28(23)47-30-25(39-24-15-14-22(17-26(24)40-30)46-20-35(36,37)38)13-9-7-8-11-21-12-10-16-34(21,5)48-32(45)41-29(31(42)44)33(2,3)4;;/h11-12,15,19,21-23,27-30H,5-10,13-14,16,18H2,1-4H3,(H,41,45);14-15,17,21,23,27-29H,6-13,16,18,20H2,1-5H3,(H,41,45);;/q2*-1;;/t19?,21-,22+,23?,27+,28+,29-,30+;21-,23+,27-,28+,29-,34-;;/m01../s1. The van der Waals surface area contributed by atoms with Crippen LogP contribution in [0.1, 0.15) is 170 Å². The van der Waals surface area contributed by atoms with Gasteiger partial charge in [-0.25, -0.2) is 42.1 Å². The Hall–Kier alpha value is -6.11. The third-order valence-corrected chi connectivity index (χ3v) is 20.5. The molecule has 2 unspecified atom stereocenters. The molecule has 536 valence electrons. The minimum Gasteiger partial charge on any atom is -0.540 e. The van der Waals surface area contributed by atoms with Crippen molar-refractivity contribution in [3.8, 4) is 23.3 Å². The number of amides is 4. The van der Waals surface area contributed by atoms with Gasteiger partial charge in [0.2, 0.25) is 23.6 Å². The molecule has 4 aromatic rings. The molecule has 28 heteroatoms. The maximum absolute atomic E-state index is 14.2. The molecule has 98 heavy (non-hydrogen) atoms. The minimum atomic E-state index is -4.50. The van der Waals surface area contributed by atoms with Crippen LogP contribution in [0.5, 0.6) is 23.3 Å². The fourth-order valence-corrected chi connectivity index (χ4v) is 15.3. The molecule has 14 atom stereocenters.